The lowest BCUT2D eigenvalue weighted by atomic mass is 9.76. The normalized spacial score (nSPS) is 17.9. The fourth-order valence-electron chi connectivity index (χ4n) is 5.61. The third-order valence-corrected chi connectivity index (χ3v) is 8.58. The first kappa shape index (κ1) is 26.3. The molecule has 2 N–H and O–H groups in total. The number of aromatic nitrogens is 2. The van der Waals surface area contributed by atoms with E-state index in [4.69, 9.17) is 9.84 Å². The molecule has 4 rings (SSSR count). The lowest BCUT2D eigenvalue weighted by Gasteiger charge is -2.36. The van der Waals surface area contributed by atoms with Crippen LogP contribution in [-0.4, -0.2) is 61.2 Å². The van der Waals surface area contributed by atoms with Crippen LogP contribution in [0.2, 0.25) is 0 Å². The molecular weight excluding hydrogens is 482 g/mol. The molecule has 1 amide bonds. The van der Waals surface area contributed by atoms with Gasteiger partial charge in [0.2, 0.25) is 0 Å². The van der Waals surface area contributed by atoms with Crippen LogP contribution in [0.3, 0.4) is 0 Å². The lowest BCUT2D eigenvalue weighted by Crippen LogP contribution is -2.41. The summed E-state index contributed by atoms with van der Waals surface area (Å²) in [6.07, 6.45) is 4.44. The molecule has 36 heavy (non-hydrogen) atoms. The lowest BCUT2D eigenvalue weighted by molar-refractivity contribution is 0.0150. The molecule has 2 aromatic rings. The average molecular weight is 518 g/mol. The van der Waals surface area contributed by atoms with Gasteiger partial charge in [-0.1, -0.05) is 32.9 Å². The van der Waals surface area contributed by atoms with Gasteiger partial charge in [0, 0.05) is 32.6 Å². The maximum Gasteiger partial charge on any atom is 0.337 e. The highest BCUT2D eigenvalue weighted by molar-refractivity contribution is 7.90. The van der Waals surface area contributed by atoms with E-state index in [9.17, 15) is 23.1 Å². The molecule has 10 heteroatoms. The maximum atomic E-state index is 13.1. The Bertz CT molecular complexity index is 1290. The van der Waals surface area contributed by atoms with Gasteiger partial charge in [-0.2, -0.15) is 5.10 Å². The number of ether oxygens (including phenoxy) is 1. The molecule has 2 aliphatic rings. The standard InChI is InChI=1S/C26H35N3O6S/c1-5-19-21-20(14-26(15-27-23(21)30)9-11-35-12-10-26)29(28-19)16-25(2,3)13-17-7-6-8-18(24(31)32)22(17)36(4,33)34/h6-8H,5,9-16H2,1-4H3,(H,27,30)(H,31,32). The van der Waals surface area contributed by atoms with Crippen LogP contribution in [0.5, 0.6) is 0 Å². The Morgan fingerprint density at radius 1 is 1.28 bits per heavy atom. The van der Waals surface area contributed by atoms with Crippen LogP contribution in [0, 0.1) is 10.8 Å². The number of sulfone groups is 1. The first-order chi connectivity index (χ1) is 16.9. The maximum absolute atomic E-state index is 13.1. The van der Waals surface area contributed by atoms with E-state index >= 15 is 0 Å². The molecule has 3 heterocycles. The number of carbonyl (C=O) groups excluding carboxylic acids is 1. The van der Waals surface area contributed by atoms with Crippen LogP contribution in [0.4, 0.5) is 0 Å². The predicted molar refractivity (Wildman–Crippen MR) is 134 cm³/mol. The third kappa shape index (κ3) is 5.20. The minimum Gasteiger partial charge on any atom is -0.478 e. The zero-order chi connectivity index (χ0) is 26.3. The van der Waals surface area contributed by atoms with Gasteiger partial charge in [0.25, 0.3) is 5.91 Å². The molecule has 0 radical (unpaired) electrons. The van der Waals surface area contributed by atoms with Gasteiger partial charge >= 0.3 is 5.97 Å². The summed E-state index contributed by atoms with van der Waals surface area (Å²) in [6, 6.07) is 4.58. The van der Waals surface area contributed by atoms with E-state index < -0.39 is 21.2 Å². The number of benzene rings is 1. The summed E-state index contributed by atoms with van der Waals surface area (Å²) in [7, 11) is -3.77. The Hall–Kier alpha value is -2.72. The van der Waals surface area contributed by atoms with Crippen molar-refractivity contribution in [2.24, 2.45) is 10.8 Å². The Morgan fingerprint density at radius 2 is 1.97 bits per heavy atom. The SMILES string of the molecule is CCc1nn(CC(C)(C)Cc2cccc(C(=O)O)c2S(C)(=O)=O)c2c1C(=O)NCC1(CCOCC1)C2. The predicted octanol–water partition coefficient (Wildman–Crippen LogP) is 2.90. The molecule has 0 aliphatic carbocycles. The van der Waals surface area contributed by atoms with E-state index in [0.29, 0.717) is 50.3 Å². The second-order valence-corrected chi connectivity index (χ2v) is 12.9. The quantitative estimate of drug-likeness (QED) is 0.578. The number of hydrogen-bond donors (Lipinski definition) is 2. The number of rotatable bonds is 7. The highest BCUT2D eigenvalue weighted by Gasteiger charge is 2.40. The van der Waals surface area contributed by atoms with Gasteiger partial charge in [-0.05, 0) is 54.6 Å². The van der Waals surface area contributed by atoms with Crippen molar-refractivity contribution < 1.29 is 27.9 Å². The number of hydrogen-bond acceptors (Lipinski definition) is 6. The molecule has 0 bridgehead atoms. The minimum atomic E-state index is -3.77. The fraction of sp³-hybridized carbons (Fsp3) is 0.577. The number of aromatic carboxylic acids is 1. The van der Waals surface area contributed by atoms with Crippen LogP contribution in [0.15, 0.2) is 23.1 Å². The zero-order valence-corrected chi connectivity index (χ0v) is 22.2. The monoisotopic (exact) mass is 517 g/mol. The Balaban J connectivity index is 1.72. The first-order valence-electron chi connectivity index (χ1n) is 12.4. The minimum absolute atomic E-state index is 0.0780. The average Bonchev–Trinajstić information content (AvgIpc) is 3.05. The molecule has 9 nitrogen and oxygen atoms in total. The summed E-state index contributed by atoms with van der Waals surface area (Å²) in [6.45, 7) is 8.39. The molecule has 2 aliphatic heterocycles. The van der Waals surface area contributed by atoms with Crippen molar-refractivity contribution in [1.82, 2.24) is 15.1 Å². The van der Waals surface area contributed by atoms with Crippen molar-refractivity contribution in [2.75, 3.05) is 26.0 Å². The fourth-order valence-corrected chi connectivity index (χ4v) is 6.78. The smallest absolute Gasteiger partial charge is 0.337 e. The number of carboxylic acid groups (broad SMARTS) is 1. The summed E-state index contributed by atoms with van der Waals surface area (Å²) >= 11 is 0. The number of nitrogens with one attached hydrogen (secondary N) is 1. The van der Waals surface area contributed by atoms with E-state index in [2.05, 4.69) is 5.32 Å². The number of fused-ring (bicyclic) bond motifs is 1. The third-order valence-electron chi connectivity index (χ3n) is 7.36. The molecule has 0 unspecified atom stereocenters. The Morgan fingerprint density at radius 3 is 2.58 bits per heavy atom. The van der Waals surface area contributed by atoms with Crippen molar-refractivity contribution in [3.05, 3.63) is 46.3 Å². The molecule has 1 spiro atoms. The van der Waals surface area contributed by atoms with Crippen LogP contribution in [0.25, 0.3) is 0 Å². The largest absolute Gasteiger partial charge is 0.478 e. The first-order valence-corrected chi connectivity index (χ1v) is 14.2. The van der Waals surface area contributed by atoms with Gasteiger partial charge in [0.15, 0.2) is 9.84 Å². The van der Waals surface area contributed by atoms with Gasteiger partial charge in [-0.3, -0.25) is 9.48 Å². The number of carbonyl (C=O) groups is 2. The summed E-state index contributed by atoms with van der Waals surface area (Å²) in [5.41, 5.74) is 2.02. The van der Waals surface area contributed by atoms with E-state index in [1.54, 1.807) is 12.1 Å². The van der Waals surface area contributed by atoms with E-state index in [1.807, 2.05) is 25.5 Å². The van der Waals surface area contributed by atoms with Crippen LogP contribution >= 0.6 is 0 Å². The Kier molecular flexibility index (Phi) is 7.04. The van der Waals surface area contributed by atoms with E-state index in [-0.39, 0.29) is 21.8 Å². The van der Waals surface area contributed by atoms with Gasteiger partial charge in [-0.15, -0.1) is 0 Å². The van der Waals surface area contributed by atoms with E-state index in [1.165, 1.54) is 6.07 Å². The van der Waals surface area contributed by atoms with Crippen LogP contribution in [0.1, 0.15) is 71.3 Å². The second-order valence-electron chi connectivity index (χ2n) is 11.0. The molecule has 1 fully saturated rings. The second kappa shape index (κ2) is 9.63. The van der Waals surface area contributed by atoms with Crippen molar-refractivity contribution in [3.63, 3.8) is 0 Å². The van der Waals surface area contributed by atoms with Crippen LogP contribution < -0.4 is 5.32 Å². The van der Waals surface area contributed by atoms with E-state index in [0.717, 1.165) is 36.9 Å². The summed E-state index contributed by atoms with van der Waals surface area (Å²) in [4.78, 5) is 24.7. The molecule has 0 atom stereocenters. The Labute approximate surface area is 212 Å². The van der Waals surface area contributed by atoms with Gasteiger partial charge in [0.05, 0.1) is 27.4 Å². The number of aryl methyl sites for hydroxylation is 1. The number of nitrogens with zero attached hydrogens (tertiary/aromatic N) is 2. The van der Waals surface area contributed by atoms with Crippen LogP contribution in [-0.2, 0) is 40.4 Å². The van der Waals surface area contributed by atoms with Crippen molar-refractivity contribution in [3.8, 4) is 0 Å². The molecule has 1 saturated heterocycles. The summed E-state index contributed by atoms with van der Waals surface area (Å²) < 4.78 is 32.7. The molecule has 1 aromatic carbocycles. The summed E-state index contributed by atoms with van der Waals surface area (Å²) in [5, 5.41) is 17.6. The van der Waals surface area contributed by atoms with Crippen molar-refractivity contribution in [1.29, 1.82) is 0 Å². The zero-order valence-electron chi connectivity index (χ0n) is 21.4. The topological polar surface area (TPSA) is 128 Å². The number of amides is 1. The van der Waals surface area contributed by atoms with Crippen molar-refractivity contribution >= 4 is 21.7 Å². The highest BCUT2D eigenvalue weighted by atomic mass is 32.2. The molecule has 1 aromatic heterocycles. The van der Waals surface area contributed by atoms with Crippen molar-refractivity contribution in [2.45, 2.75) is 64.3 Å². The molecular formula is C26H35N3O6S. The summed E-state index contributed by atoms with van der Waals surface area (Å²) in [5.74, 6) is -1.37. The van der Waals surface area contributed by atoms with Gasteiger partial charge < -0.3 is 15.2 Å². The van der Waals surface area contributed by atoms with Gasteiger partial charge in [-0.25, -0.2) is 13.2 Å². The molecule has 0 saturated carbocycles. The number of carboxylic acids is 1. The molecule has 196 valence electrons. The highest BCUT2D eigenvalue weighted by Crippen LogP contribution is 2.38. The van der Waals surface area contributed by atoms with Gasteiger partial charge in [0.1, 0.15) is 0 Å².